The van der Waals surface area contributed by atoms with E-state index in [0.29, 0.717) is 17.7 Å². The average molecular weight is 717 g/mol. The number of Topliss-reactive ketones (excluding diaryl/α,β-unsaturated/α-hetero) is 2. The topological polar surface area (TPSA) is 223 Å². The van der Waals surface area contributed by atoms with Crippen LogP contribution in [0, 0.1) is 37.0 Å². The van der Waals surface area contributed by atoms with Crippen LogP contribution >= 0.6 is 0 Å². The minimum atomic E-state index is -1.33. The van der Waals surface area contributed by atoms with E-state index in [1.54, 1.807) is 24.3 Å². The number of anilines is 3. The van der Waals surface area contributed by atoms with E-state index in [1.807, 2.05) is 6.07 Å². The van der Waals surface area contributed by atoms with E-state index in [-0.39, 0.29) is 69.5 Å². The number of hydrogen-bond acceptors (Lipinski definition) is 9. The van der Waals surface area contributed by atoms with Crippen LogP contribution in [0.5, 0.6) is 11.5 Å². The summed E-state index contributed by atoms with van der Waals surface area (Å²) in [7, 11) is 0. The van der Waals surface area contributed by atoms with Crippen molar-refractivity contribution in [2.75, 3.05) is 16.0 Å². The number of nitrogens with one attached hydrogen (secondary N) is 3. The van der Waals surface area contributed by atoms with Gasteiger partial charge in [0.05, 0.1) is 17.6 Å². The molecule has 0 bridgehead atoms. The molecule has 1 saturated carbocycles. The van der Waals surface area contributed by atoms with Crippen molar-refractivity contribution in [3.8, 4) is 17.6 Å². The van der Waals surface area contributed by atoms with Crippen LogP contribution in [0.25, 0.3) is 0 Å². The van der Waals surface area contributed by atoms with E-state index >= 15 is 0 Å². The molecular weight excluding hydrogens is 680 g/mol. The zero-order valence-electron chi connectivity index (χ0n) is 28.9. The highest BCUT2D eigenvalue weighted by Gasteiger charge is 2.29. The van der Waals surface area contributed by atoms with Crippen LogP contribution in [-0.2, 0) is 16.0 Å². The highest BCUT2D eigenvalue weighted by atomic mass is 16.4. The van der Waals surface area contributed by atoms with Crippen LogP contribution in [0.1, 0.15) is 83.8 Å². The fourth-order valence-electron chi connectivity index (χ4n) is 5.63. The summed E-state index contributed by atoms with van der Waals surface area (Å²) < 4.78 is 0. The molecular formula is C40H36N4O9. The van der Waals surface area contributed by atoms with Gasteiger partial charge in [-0.05, 0) is 80.8 Å². The Morgan fingerprint density at radius 2 is 1.28 bits per heavy atom. The maximum absolute atomic E-state index is 13.1. The maximum atomic E-state index is 13.1. The van der Waals surface area contributed by atoms with Crippen molar-refractivity contribution < 1.29 is 44.1 Å². The van der Waals surface area contributed by atoms with Gasteiger partial charge in [-0.1, -0.05) is 24.3 Å². The van der Waals surface area contributed by atoms with Gasteiger partial charge < -0.3 is 31.3 Å². The third-order valence-electron chi connectivity index (χ3n) is 9.08. The number of nitrogens with zero attached hydrogens (tertiary/aromatic N) is 1. The molecule has 3 amide bonds. The number of aromatic carboxylic acids is 1. The first-order valence-electron chi connectivity index (χ1n) is 16.7. The van der Waals surface area contributed by atoms with Gasteiger partial charge in [0.2, 0.25) is 5.91 Å². The minimum Gasteiger partial charge on any atom is -0.507 e. The van der Waals surface area contributed by atoms with Crippen LogP contribution in [0.4, 0.5) is 17.1 Å². The predicted molar refractivity (Wildman–Crippen MR) is 194 cm³/mol. The van der Waals surface area contributed by atoms with Gasteiger partial charge in [0.1, 0.15) is 22.8 Å². The van der Waals surface area contributed by atoms with Crippen molar-refractivity contribution >= 4 is 52.3 Å². The van der Waals surface area contributed by atoms with E-state index in [9.17, 15) is 49.3 Å². The summed E-state index contributed by atoms with van der Waals surface area (Å²) in [6, 6.07) is 19.7. The Morgan fingerprint density at radius 1 is 0.736 bits per heavy atom. The van der Waals surface area contributed by atoms with Crippen molar-refractivity contribution in [2.24, 2.45) is 11.8 Å². The van der Waals surface area contributed by atoms with Crippen molar-refractivity contribution in [1.29, 1.82) is 5.26 Å². The maximum Gasteiger partial charge on any atom is 0.339 e. The fourth-order valence-corrected chi connectivity index (χ4v) is 5.63. The summed E-state index contributed by atoms with van der Waals surface area (Å²) in [4.78, 5) is 75.4. The normalized spacial score (nSPS) is 12.5. The molecule has 1 unspecified atom stereocenters. The number of hydrogen-bond donors (Lipinski definition) is 6. The highest BCUT2D eigenvalue weighted by molar-refractivity contribution is 6.09. The lowest BCUT2D eigenvalue weighted by Crippen LogP contribution is -2.25. The van der Waals surface area contributed by atoms with Crippen LogP contribution in [0.3, 0.4) is 0 Å². The summed E-state index contributed by atoms with van der Waals surface area (Å²) in [5, 5.41) is 47.4. The Kier molecular flexibility index (Phi) is 11.3. The molecule has 0 heterocycles. The number of phenolic OH excluding ortho intramolecular Hbond substituents is 1. The molecule has 0 aliphatic heterocycles. The Morgan fingerprint density at radius 3 is 1.85 bits per heavy atom. The highest BCUT2D eigenvalue weighted by Crippen LogP contribution is 2.33. The molecule has 0 radical (unpaired) electrons. The summed E-state index contributed by atoms with van der Waals surface area (Å²) in [6.07, 6.45) is 1.78. The molecule has 0 aromatic heterocycles. The minimum absolute atomic E-state index is 0.123. The number of amides is 3. The first-order valence-corrected chi connectivity index (χ1v) is 16.7. The number of carbonyl (C=O) groups excluding carboxylic acids is 5. The van der Waals surface area contributed by atoms with Gasteiger partial charge in [-0.25, -0.2) is 4.79 Å². The standard InChI is InChI=1S/C40H36N4O9/c1-21-31(15-13-29(35(21)47)39(51)44-32-16-14-30(40(52)53)36(48)22(32)2)43-37(49)26-9-11-28(12-10-26)42-38(50)27(17-18-41)20-34(46)24-5-3-23(4-6-24)19-33(45)25-7-8-25/h3-6,9-16,25,27,47-48H,7-8,17,19-20H2,1-2H3,(H,42,50)(H,43,49)(H,44,51)(H,52,53). The van der Waals surface area contributed by atoms with E-state index in [0.717, 1.165) is 24.5 Å². The zero-order chi connectivity index (χ0) is 38.4. The SMILES string of the molecule is Cc1c(NC(=O)c2ccc(NC(=O)c3ccc(NC(=O)C(CC#N)CC(=O)c4ccc(CC(=O)C5CC5)cc4)cc3)c(C)c2O)ccc(C(=O)O)c1O. The predicted octanol–water partition coefficient (Wildman–Crippen LogP) is 6.18. The third-order valence-corrected chi connectivity index (χ3v) is 9.08. The molecule has 1 aliphatic rings. The van der Waals surface area contributed by atoms with Crippen LogP contribution in [0.2, 0.25) is 0 Å². The van der Waals surface area contributed by atoms with Gasteiger partial charge >= 0.3 is 5.97 Å². The zero-order valence-corrected chi connectivity index (χ0v) is 28.9. The second-order valence-corrected chi connectivity index (χ2v) is 12.8. The quantitative estimate of drug-likeness (QED) is 0.0813. The Balaban J connectivity index is 1.18. The van der Waals surface area contributed by atoms with Crippen LogP contribution in [-0.4, -0.2) is 50.6 Å². The number of benzene rings is 4. The Labute approximate surface area is 304 Å². The molecule has 0 saturated heterocycles. The molecule has 4 aromatic rings. The van der Waals surface area contributed by atoms with Crippen LogP contribution < -0.4 is 16.0 Å². The molecule has 270 valence electrons. The van der Waals surface area contributed by atoms with E-state index in [4.69, 9.17) is 0 Å². The molecule has 53 heavy (non-hydrogen) atoms. The number of ketones is 2. The number of carboxylic acid groups (broad SMARTS) is 1. The summed E-state index contributed by atoms with van der Waals surface area (Å²) in [6.45, 7) is 2.92. The van der Waals surface area contributed by atoms with Gasteiger partial charge in [-0.2, -0.15) is 5.26 Å². The Hall–Kier alpha value is -6.81. The first-order chi connectivity index (χ1) is 25.3. The number of nitriles is 1. The number of rotatable bonds is 14. The number of carbonyl (C=O) groups is 6. The lowest BCUT2D eigenvalue weighted by Gasteiger charge is -2.15. The third kappa shape index (κ3) is 8.92. The molecule has 4 aromatic carbocycles. The molecule has 5 rings (SSSR count). The molecule has 1 atom stereocenters. The average Bonchev–Trinajstić information content (AvgIpc) is 3.99. The molecule has 13 heteroatoms. The van der Waals surface area contributed by atoms with Crippen molar-refractivity contribution in [2.45, 2.75) is 46.0 Å². The monoisotopic (exact) mass is 716 g/mol. The second kappa shape index (κ2) is 16.0. The summed E-state index contributed by atoms with van der Waals surface area (Å²) in [5.41, 5.74) is 1.93. The molecule has 6 N–H and O–H groups in total. The van der Waals surface area contributed by atoms with Crippen LogP contribution in [0.15, 0.2) is 72.8 Å². The van der Waals surface area contributed by atoms with Gasteiger partial charge in [-0.3, -0.25) is 24.0 Å². The second-order valence-electron chi connectivity index (χ2n) is 12.8. The fraction of sp³-hybridized carbons (Fsp3) is 0.225. The lowest BCUT2D eigenvalue weighted by molar-refractivity contribution is -0.120. The van der Waals surface area contributed by atoms with Gasteiger partial charge in [0, 0.05) is 64.5 Å². The smallest absolute Gasteiger partial charge is 0.339 e. The van der Waals surface area contributed by atoms with E-state index in [1.165, 1.54) is 56.3 Å². The number of phenols is 2. The van der Waals surface area contributed by atoms with E-state index < -0.39 is 41.1 Å². The number of carboxylic acids is 1. The van der Waals surface area contributed by atoms with Gasteiger partial charge in [0.25, 0.3) is 11.8 Å². The van der Waals surface area contributed by atoms with Crippen molar-refractivity contribution in [3.05, 3.63) is 112 Å². The first kappa shape index (κ1) is 37.4. The van der Waals surface area contributed by atoms with Crippen molar-refractivity contribution in [1.82, 2.24) is 0 Å². The summed E-state index contributed by atoms with van der Waals surface area (Å²) >= 11 is 0. The molecule has 13 nitrogen and oxygen atoms in total. The summed E-state index contributed by atoms with van der Waals surface area (Å²) in [5.74, 6) is -4.98. The van der Waals surface area contributed by atoms with Gasteiger partial charge in [-0.15, -0.1) is 0 Å². The van der Waals surface area contributed by atoms with Crippen molar-refractivity contribution in [3.63, 3.8) is 0 Å². The lowest BCUT2D eigenvalue weighted by atomic mass is 9.94. The largest absolute Gasteiger partial charge is 0.507 e. The number of aromatic hydroxyl groups is 2. The Bertz CT molecular complexity index is 2170. The molecule has 0 spiro atoms. The molecule has 1 fully saturated rings. The molecule has 1 aliphatic carbocycles. The van der Waals surface area contributed by atoms with Gasteiger partial charge in [0.15, 0.2) is 5.78 Å². The van der Waals surface area contributed by atoms with E-state index in [2.05, 4.69) is 16.0 Å².